The molecule has 22 heavy (non-hydrogen) atoms. The van der Waals surface area contributed by atoms with Gasteiger partial charge in [-0.2, -0.15) is 8.42 Å². The Morgan fingerprint density at radius 3 is 2.36 bits per heavy atom. The van der Waals surface area contributed by atoms with Gasteiger partial charge in [0.25, 0.3) is 10.0 Å². The van der Waals surface area contributed by atoms with Crippen LogP contribution in [0.3, 0.4) is 0 Å². The van der Waals surface area contributed by atoms with Crippen LogP contribution in [0.25, 0.3) is 5.76 Å². The summed E-state index contributed by atoms with van der Waals surface area (Å²) >= 11 is 0. The average molecular weight is 322 g/mol. The van der Waals surface area contributed by atoms with Crippen molar-refractivity contribution in [3.63, 3.8) is 0 Å². The molecular formula is C16H22N2O3S. The number of benzene rings is 1. The van der Waals surface area contributed by atoms with E-state index in [1.54, 1.807) is 18.2 Å². The van der Waals surface area contributed by atoms with Crippen LogP contribution in [0.4, 0.5) is 0 Å². The van der Waals surface area contributed by atoms with E-state index in [1.165, 1.54) is 0 Å². The molecule has 1 aromatic carbocycles. The van der Waals surface area contributed by atoms with E-state index in [-0.39, 0.29) is 4.90 Å². The lowest BCUT2D eigenvalue weighted by molar-refractivity contribution is 0.295. The molecule has 0 bridgehead atoms. The molecule has 120 valence electrons. The molecule has 1 aliphatic rings. The molecule has 0 radical (unpaired) electrons. The first-order chi connectivity index (χ1) is 10.5. The molecule has 5 nitrogen and oxygen atoms in total. The summed E-state index contributed by atoms with van der Waals surface area (Å²) in [6.07, 6.45) is 0. The highest BCUT2D eigenvalue weighted by atomic mass is 32.2. The summed E-state index contributed by atoms with van der Waals surface area (Å²) in [7, 11) is -3.75. The highest BCUT2D eigenvalue weighted by Gasteiger charge is 2.29. The van der Waals surface area contributed by atoms with Gasteiger partial charge in [0.05, 0.1) is 6.61 Å². The molecule has 0 fully saturated rings. The third kappa shape index (κ3) is 2.88. The average Bonchev–Trinajstić information content (AvgIpc) is 2.59. The van der Waals surface area contributed by atoms with Crippen molar-refractivity contribution in [3.8, 4) is 0 Å². The number of hydrogen-bond acceptors (Lipinski definition) is 4. The second-order valence-corrected chi connectivity index (χ2v) is 6.52. The van der Waals surface area contributed by atoms with Crippen LogP contribution in [0.15, 0.2) is 39.1 Å². The van der Waals surface area contributed by atoms with E-state index < -0.39 is 10.0 Å². The molecule has 0 aromatic heterocycles. The maximum absolute atomic E-state index is 12.6. The number of fused-ring (bicyclic) bond motifs is 1. The van der Waals surface area contributed by atoms with Crippen molar-refractivity contribution < 1.29 is 13.2 Å². The van der Waals surface area contributed by atoms with Gasteiger partial charge in [0.1, 0.15) is 16.5 Å². The molecule has 2 rings (SSSR count). The number of sulfonamides is 1. The molecule has 0 saturated carbocycles. The van der Waals surface area contributed by atoms with Crippen LogP contribution >= 0.6 is 0 Å². The number of amidine groups is 1. The number of ether oxygens (including phenoxy) is 1. The molecule has 0 atom stereocenters. The summed E-state index contributed by atoms with van der Waals surface area (Å²) in [5.41, 5.74) is 1.33. The van der Waals surface area contributed by atoms with Crippen molar-refractivity contribution in [1.29, 1.82) is 0 Å². The van der Waals surface area contributed by atoms with E-state index in [0.717, 1.165) is 5.57 Å². The van der Waals surface area contributed by atoms with Crippen LogP contribution in [-0.2, 0) is 14.8 Å². The van der Waals surface area contributed by atoms with Gasteiger partial charge in [-0.05, 0) is 39.8 Å². The first-order valence-electron chi connectivity index (χ1n) is 7.49. The van der Waals surface area contributed by atoms with E-state index in [2.05, 4.69) is 4.40 Å². The number of rotatable bonds is 4. The molecule has 0 aliphatic carbocycles. The topological polar surface area (TPSA) is 59.0 Å². The zero-order chi connectivity index (χ0) is 16.3. The summed E-state index contributed by atoms with van der Waals surface area (Å²) in [5, 5.41) is 0. The SMILES string of the molecule is CCOC1=C(C)C(N(CC)CC)=NS(=O)(=O)c2ccccc21. The van der Waals surface area contributed by atoms with Crippen LogP contribution in [0, 0.1) is 0 Å². The quantitative estimate of drug-likeness (QED) is 0.855. The second-order valence-electron chi connectivity index (χ2n) is 4.95. The van der Waals surface area contributed by atoms with Crippen molar-refractivity contribution in [3.05, 3.63) is 35.4 Å². The predicted molar refractivity (Wildman–Crippen MR) is 88.2 cm³/mol. The minimum atomic E-state index is -3.75. The zero-order valence-corrected chi connectivity index (χ0v) is 14.3. The van der Waals surface area contributed by atoms with Crippen molar-refractivity contribution in [2.75, 3.05) is 19.7 Å². The van der Waals surface area contributed by atoms with Crippen molar-refractivity contribution in [2.24, 2.45) is 4.40 Å². The van der Waals surface area contributed by atoms with Crippen LogP contribution in [0.2, 0.25) is 0 Å². The third-order valence-electron chi connectivity index (χ3n) is 3.64. The van der Waals surface area contributed by atoms with Gasteiger partial charge in [0.2, 0.25) is 0 Å². The standard InChI is InChI=1S/C16H22N2O3S/c1-5-18(6-2)16-12(4)15(21-7-3)13-10-8-9-11-14(13)22(19,20)17-16/h8-11H,5-7H2,1-4H3. The van der Waals surface area contributed by atoms with Gasteiger partial charge in [-0.25, -0.2) is 0 Å². The Labute approximate surface area is 132 Å². The highest BCUT2D eigenvalue weighted by Crippen LogP contribution is 2.32. The molecule has 0 spiro atoms. The fourth-order valence-electron chi connectivity index (χ4n) is 2.56. The summed E-state index contributed by atoms with van der Waals surface area (Å²) in [6, 6.07) is 6.85. The van der Waals surface area contributed by atoms with E-state index in [0.29, 0.717) is 36.9 Å². The molecular weight excluding hydrogens is 300 g/mol. The Bertz CT molecular complexity index is 717. The molecule has 0 saturated heterocycles. The van der Waals surface area contributed by atoms with Gasteiger partial charge in [0, 0.05) is 24.2 Å². The fourth-order valence-corrected chi connectivity index (χ4v) is 3.83. The highest BCUT2D eigenvalue weighted by molar-refractivity contribution is 7.90. The Morgan fingerprint density at radius 2 is 1.77 bits per heavy atom. The Hall–Kier alpha value is -1.82. The smallest absolute Gasteiger partial charge is 0.285 e. The van der Waals surface area contributed by atoms with Gasteiger partial charge in [-0.15, -0.1) is 4.40 Å². The lowest BCUT2D eigenvalue weighted by Gasteiger charge is -2.23. The largest absolute Gasteiger partial charge is 0.493 e. The van der Waals surface area contributed by atoms with E-state index in [4.69, 9.17) is 4.74 Å². The van der Waals surface area contributed by atoms with Crippen LogP contribution in [-0.4, -0.2) is 38.8 Å². The second kappa shape index (κ2) is 6.52. The molecule has 1 heterocycles. The summed E-state index contributed by atoms with van der Waals surface area (Å²) < 4.78 is 35.1. The van der Waals surface area contributed by atoms with Crippen LogP contribution < -0.4 is 0 Å². The third-order valence-corrected chi connectivity index (χ3v) is 4.97. The minimum Gasteiger partial charge on any atom is -0.493 e. The maximum atomic E-state index is 12.6. The first-order valence-corrected chi connectivity index (χ1v) is 8.93. The lowest BCUT2D eigenvalue weighted by Crippen LogP contribution is -2.32. The van der Waals surface area contributed by atoms with Crippen molar-refractivity contribution in [2.45, 2.75) is 32.6 Å². The van der Waals surface area contributed by atoms with Crippen LogP contribution in [0.5, 0.6) is 0 Å². The van der Waals surface area contributed by atoms with Crippen molar-refractivity contribution in [1.82, 2.24) is 4.90 Å². The normalized spacial score (nSPS) is 16.6. The monoisotopic (exact) mass is 322 g/mol. The van der Waals surface area contributed by atoms with E-state index in [9.17, 15) is 8.42 Å². The number of nitrogens with zero attached hydrogens (tertiary/aromatic N) is 2. The molecule has 0 amide bonds. The summed E-state index contributed by atoms with van der Waals surface area (Å²) in [4.78, 5) is 2.12. The molecule has 0 N–H and O–H groups in total. The number of likely N-dealkylation sites (N-methyl/N-ethyl adjacent to an activating group) is 1. The van der Waals surface area contributed by atoms with Gasteiger partial charge in [-0.3, -0.25) is 0 Å². The summed E-state index contributed by atoms with van der Waals surface area (Å²) in [5.74, 6) is 1.05. The Balaban J connectivity index is 2.78. The molecule has 0 unspecified atom stereocenters. The Morgan fingerprint density at radius 1 is 1.14 bits per heavy atom. The first kappa shape index (κ1) is 16.5. The molecule has 1 aromatic rings. The van der Waals surface area contributed by atoms with Gasteiger partial charge >= 0.3 is 0 Å². The van der Waals surface area contributed by atoms with Crippen molar-refractivity contribution >= 4 is 21.6 Å². The summed E-state index contributed by atoms with van der Waals surface area (Å²) in [6.45, 7) is 9.52. The van der Waals surface area contributed by atoms with Crippen LogP contribution in [0.1, 0.15) is 33.3 Å². The molecule has 6 heteroatoms. The number of hydrogen-bond donors (Lipinski definition) is 0. The van der Waals surface area contributed by atoms with E-state index in [1.807, 2.05) is 38.7 Å². The minimum absolute atomic E-state index is 0.194. The van der Waals surface area contributed by atoms with Gasteiger partial charge < -0.3 is 9.64 Å². The fraction of sp³-hybridized carbons (Fsp3) is 0.438. The maximum Gasteiger partial charge on any atom is 0.285 e. The Kier molecular flexibility index (Phi) is 4.90. The lowest BCUT2D eigenvalue weighted by atomic mass is 10.1. The van der Waals surface area contributed by atoms with Gasteiger partial charge in [-0.1, -0.05) is 12.1 Å². The molecule has 1 aliphatic heterocycles. The predicted octanol–water partition coefficient (Wildman–Crippen LogP) is 2.90. The van der Waals surface area contributed by atoms with Gasteiger partial charge in [0.15, 0.2) is 0 Å². The van der Waals surface area contributed by atoms with E-state index >= 15 is 0 Å². The zero-order valence-electron chi connectivity index (χ0n) is 13.5.